The number of anilines is 2. The van der Waals surface area contributed by atoms with Crippen LogP contribution in [0, 0.1) is 0 Å². The number of nitrogens with one attached hydrogen (secondary N) is 3. The second-order valence-corrected chi connectivity index (χ2v) is 11.2. The number of aromatic hydroxyl groups is 1. The highest BCUT2D eigenvalue weighted by molar-refractivity contribution is 7.92. The van der Waals surface area contributed by atoms with Crippen LogP contribution in [0.2, 0.25) is 0 Å². The van der Waals surface area contributed by atoms with E-state index < -0.39 is 16.1 Å². The maximum atomic E-state index is 12.2. The molecular formula is C28H34ClN3O6S. The molecule has 0 radical (unpaired) electrons. The van der Waals surface area contributed by atoms with Crippen LogP contribution in [0.15, 0.2) is 66.7 Å². The van der Waals surface area contributed by atoms with E-state index in [4.69, 9.17) is 4.74 Å². The highest BCUT2D eigenvalue weighted by Gasteiger charge is 2.20. The van der Waals surface area contributed by atoms with Gasteiger partial charge < -0.3 is 25.6 Å². The zero-order valence-corrected chi connectivity index (χ0v) is 23.2. The van der Waals surface area contributed by atoms with Crippen molar-refractivity contribution in [3.8, 4) is 11.5 Å². The van der Waals surface area contributed by atoms with E-state index in [1.54, 1.807) is 6.07 Å². The predicted octanol–water partition coefficient (Wildman–Crippen LogP) is 3.77. The number of carbonyl (C=O) groups is 1. The van der Waals surface area contributed by atoms with Gasteiger partial charge in [0, 0.05) is 18.3 Å². The normalized spacial score (nSPS) is 15.7. The number of phenolic OH excluding ortho intramolecular Hbond substituents is 1. The quantitative estimate of drug-likeness (QED) is 0.183. The van der Waals surface area contributed by atoms with Gasteiger partial charge in [-0.05, 0) is 78.8 Å². The first-order valence-corrected chi connectivity index (χ1v) is 14.4. The molecule has 0 saturated heterocycles. The van der Waals surface area contributed by atoms with Gasteiger partial charge >= 0.3 is 0 Å². The first-order valence-electron chi connectivity index (χ1n) is 12.5. The molecule has 0 bridgehead atoms. The molecule has 0 aliphatic heterocycles. The highest BCUT2D eigenvalue weighted by Crippen LogP contribution is 2.29. The number of hydrogen-bond donors (Lipinski definition) is 5. The number of ether oxygens (including phenoxy) is 1. The molecule has 2 atom stereocenters. The van der Waals surface area contributed by atoms with Gasteiger partial charge in [-0.3, -0.25) is 9.52 Å². The summed E-state index contributed by atoms with van der Waals surface area (Å²) in [4.78, 5) is 12.2. The third kappa shape index (κ3) is 9.14. The van der Waals surface area contributed by atoms with Crippen LogP contribution < -0.4 is 20.1 Å². The Bertz CT molecular complexity index is 1370. The molecule has 1 unspecified atom stereocenters. The minimum absolute atomic E-state index is 0. The van der Waals surface area contributed by atoms with Gasteiger partial charge in [-0.1, -0.05) is 30.3 Å². The van der Waals surface area contributed by atoms with Crippen LogP contribution in [-0.4, -0.2) is 50.0 Å². The number of amides is 1. The van der Waals surface area contributed by atoms with Crippen molar-refractivity contribution >= 4 is 39.7 Å². The summed E-state index contributed by atoms with van der Waals surface area (Å²) in [5, 5.41) is 26.9. The first kappa shape index (κ1) is 30.2. The maximum absolute atomic E-state index is 12.2. The summed E-state index contributed by atoms with van der Waals surface area (Å²) in [5.41, 5.74) is 3.61. The van der Waals surface area contributed by atoms with Crippen molar-refractivity contribution in [2.75, 3.05) is 29.4 Å². The van der Waals surface area contributed by atoms with Crippen molar-refractivity contribution in [2.45, 2.75) is 37.8 Å². The van der Waals surface area contributed by atoms with Crippen LogP contribution >= 0.6 is 12.4 Å². The molecule has 5 N–H and O–H groups in total. The number of sulfonamides is 1. The number of carbonyl (C=O) groups excluding carboxylic acids is 1. The average Bonchev–Trinajstić information content (AvgIpc) is 3.08. The smallest absolute Gasteiger partial charge is 0.262 e. The van der Waals surface area contributed by atoms with E-state index in [9.17, 15) is 23.4 Å². The lowest BCUT2D eigenvalue weighted by Crippen LogP contribution is -2.34. The minimum atomic E-state index is -3.57. The van der Waals surface area contributed by atoms with Gasteiger partial charge in [0.1, 0.15) is 11.5 Å². The van der Waals surface area contributed by atoms with Gasteiger partial charge in [-0.15, -0.1) is 12.4 Å². The number of aliphatic hydroxyl groups excluding tert-OH is 1. The lowest BCUT2D eigenvalue weighted by atomic mass is 10.0. The number of benzene rings is 3. The molecule has 0 heterocycles. The SMILES string of the molecule is CS(=O)(=O)Nc1cc([C@@H](O)CNC2CCCc3ccc(OCC(=O)Nc4ccccc4)cc3C2)ccc1O.Cl. The lowest BCUT2D eigenvalue weighted by molar-refractivity contribution is -0.118. The van der Waals surface area contributed by atoms with Crippen molar-refractivity contribution in [1.82, 2.24) is 5.32 Å². The molecule has 39 heavy (non-hydrogen) atoms. The predicted molar refractivity (Wildman–Crippen MR) is 154 cm³/mol. The third-order valence-corrected chi connectivity index (χ3v) is 6.96. The average molecular weight is 576 g/mol. The Balaban J connectivity index is 0.00000420. The molecule has 210 valence electrons. The summed E-state index contributed by atoms with van der Waals surface area (Å²) < 4.78 is 31.1. The molecule has 0 spiro atoms. The van der Waals surface area contributed by atoms with Crippen LogP contribution in [0.25, 0.3) is 0 Å². The number of phenols is 1. The largest absolute Gasteiger partial charge is 0.506 e. The second-order valence-electron chi connectivity index (χ2n) is 9.50. The molecule has 0 fully saturated rings. The number of aliphatic hydroxyl groups is 1. The Hall–Kier alpha value is -3.31. The van der Waals surface area contributed by atoms with E-state index in [2.05, 4.69) is 15.4 Å². The highest BCUT2D eigenvalue weighted by atomic mass is 35.5. The number of fused-ring (bicyclic) bond motifs is 1. The lowest BCUT2D eigenvalue weighted by Gasteiger charge is -2.20. The van der Waals surface area contributed by atoms with Gasteiger partial charge in [0.2, 0.25) is 10.0 Å². The Kier molecular flexibility index (Phi) is 10.6. The van der Waals surface area contributed by atoms with Gasteiger partial charge in [-0.25, -0.2) is 8.42 Å². The molecule has 3 aromatic rings. The number of hydrogen-bond acceptors (Lipinski definition) is 7. The summed E-state index contributed by atoms with van der Waals surface area (Å²) in [6.45, 7) is 0.170. The fraction of sp³-hybridized carbons (Fsp3) is 0.321. The molecule has 4 rings (SSSR count). The molecule has 1 aliphatic carbocycles. The zero-order chi connectivity index (χ0) is 27.1. The molecular weight excluding hydrogens is 542 g/mol. The van der Waals surface area contributed by atoms with Crippen LogP contribution in [0.4, 0.5) is 11.4 Å². The number of halogens is 1. The number of para-hydroxylation sites is 1. The minimum Gasteiger partial charge on any atom is -0.506 e. The Morgan fingerprint density at radius 3 is 2.59 bits per heavy atom. The number of rotatable bonds is 10. The summed E-state index contributed by atoms with van der Waals surface area (Å²) in [6.07, 6.45) is 3.69. The monoisotopic (exact) mass is 575 g/mol. The van der Waals surface area contributed by atoms with Gasteiger partial charge in [0.15, 0.2) is 6.61 Å². The van der Waals surface area contributed by atoms with Gasteiger partial charge in [0.25, 0.3) is 5.91 Å². The third-order valence-electron chi connectivity index (χ3n) is 6.37. The van der Waals surface area contributed by atoms with E-state index in [0.717, 1.165) is 37.5 Å². The fourth-order valence-electron chi connectivity index (χ4n) is 4.51. The molecule has 1 amide bonds. The molecule has 9 nitrogen and oxygen atoms in total. The van der Waals surface area contributed by atoms with Crippen molar-refractivity contribution in [1.29, 1.82) is 0 Å². The van der Waals surface area contributed by atoms with Crippen LogP contribution in [0.1, 0.15) is 35.6 Å². The van der Waals surface area contributed by atoms with Crippen LogP contribution in [0.5, 0.6) is 11.5 Å². The molecule has 3 aromatic carbocycles. The van der Waals surface area contributed by atoms with E-state index in [0.29, 0.717) is 17.0 Å². The Morgan fingerprint density at radius 1 is 1.08 bits per heavy atom. The van der Waals surface area contributed by atoms with Crippen molar-refractivity contribution in [3.63, 3.8) is 0 Å². The summed E-state index contributed by atoms with van der Waals surface area (Å²) in [6, 6.07) is 19.6. The van der Waals surface area contributed by atoms with E-state index >= 15 is 0 Å². The Labute approximate surface area is 235 Å². The Morgan fingerprint density at radius 2 is 1.85 bits per heavy atom. The van der Waals surface area contributed by atoms with Crippen LogP contribution in [-0.2, 0) is 27.7 Å². The van der Waals surface area contributed by atoms with E-state index in [1.165, 1.54) is 17.7 Å². The number of aryl methyl sites for hydroxylation is 1. The molecule has 1 aliphatic rings. The summed E-state index contributed by atoms with van der Waals surface area (Å²) >= 11 is 0. The van der Waals surface area contributed by atoms with Gasteiger partial charge in [0.05, 0.1) is 18.0 Å². The standard InChI is InChI=1S/C28H33N3O6S.ClH/c1-38(35,36)31-25-16-20(11-13-26(25)32)27(33)17-29-23-9-5-6-19-10-12-24(15-21(19)14-23)37-18-28(34)30-22-7-3-2-4-8-22;/h2-4,7-8,10-13,15-16,23,27,29,31-33H,5-6,9,14,17-18H2,1H3,(H,30,34);1H/t23?,27-;/m0./s1. The second kappa shape index (κ2) is 13.7. The van der Waals surface area contributed by atoms with Crippen molar-refractivity contribution in [3.05, 3.63) is 83.4 Å². The van der Waals surface area contributed by atoms with Gasteiger partial charge in [-0.2, -0.15) is 0 Å². The maximum Gasteiger partial charge on any atom is 0.262 e. The zero-order valence-electron chi connectivity index (χ0n) is 21.6. The summed E-state index contributed by atoms with van der Waals surface area (Å²) in [5.74, 6) is 0.182. The van der Waals surface area contributed by atoms with Crippen LogP contribution in [0.3, 0.4) is 0 Å². The molecule has 0 saturated carbocycles. The first-order chi connectivity index (χ1) is 18.2. The van der Waals surface area contributed by atoms with Crippen molar-refractivity contribution in [2.24, 2.45) is 0 Å². The van der Waals surface area contributed by atoms with E-state index in [-0.39, 0.29) is 48.9 Å². The molecule has 0 aromatic heterocycles. The summed E-state index contributed by atoms with van der Waals surface area (Å²) in [7, 11) is -3.57. The van der Waals surface area contributed by atoms with Crippen molar-refractivity contribution < 1.29 is 28.2 Å². The topological polar surface area (TPSA) is 137 Å². The molecule has 11 heteroatoms. The van der Waals surface area contributed by atoms with E-state index in [1.807, 2.05) is 48.5 Å². The fourth-order valence-corrected chi connectivity index (χ4v) is 5.08.